The molecule has 4 rings (SSSR count). The van der Waals surface area contributed by atoms with Gasteiger partial charge in [-0.25, -0.2) is 0 Å². The Bertz CT molecular complexity index is 1130. The van der Waals surface area contributed by atoms with Gasteiger partial charge in [0.05, 0.1) is 5.69 Å². The number of rotatable bonds is 5. The summed E-state index contributed by atoms with van der Waals surface area (Å²) in [7, 11) is 0. The zero-order valence-corrected chi connectivity index (χ0v) is 18.1. The SMILES string of the molecule is O=C(COc1ccc(Cl)cc1)N1CCN(c2ccc(=O)n(-c3cccc(Cl)c3)n2)CC1. The molecule has 31 heavy (non-hydrogen) atoms. The Labute approximate surface area is 189 Å². The lowest BCUT2D eigenvalue weighted by atomic mass is 10.3. The van der Waals surface area contributed by atoms with Crippen LogP contribution < -0.4 is 15.2 Å². The maximum absolute atomic E-state index is 12.5. The summed E-state index contributed by atoms with van der Waals surface area (Å²) in [4.78, 5) is 28.6. The summed E-state index contributed by atoms with van der Waals surface area (Å²) in [5, 5.41) is 5.64. The normalized spacial score (nSPS) is 13.9. The average molecular weight is 459 g/mol. The largest absolute Gasteiger partial charge is 0.484 e. The van der Waals surface area contributed by atoms with Gasteiger partial charge in [-0.05, 0) is 48.5 Å². The molecule has 9 heteroatoms. The fraction of sp³-hybridized carbons (Fsp3) is 0.227. The molecule has 1 amide bonds. The summed E-state index contributed by atoms with van der Waals surface area (Å²) in [6, 6.07) is 17.1. The van der Waals surface area contributed by atoms with Crippen LogP contribution in [0.5, 0.6) is 5.75 Å². The van der Waals surface area contributed by atoms with Gasteiger partial charge in [0.2, 0.25) is 0 Å². The van der Waals surface area contributed by atoms with E-state index in [0.29, 0.717) is 53.5 Å². The smallest absolute Gasteiger partial charge is 0.271 e. The van der Waals surface area contributed by atoms with Gasteiger partial charge in [0.1, 0.15) is 11.6 Å². The summed E-state index contributed by atoms with van der Waals surface area (Å²) < 4.78 is 6.88. The highest BCUT2D eigenvalue weighted by Gasteiger charge is 2.23. The highest BCUT2D eigenvalue weighted by Crippen LogP contribution is 2.17. The van der Waals surface area contributed by atoms with E-state index in [1.807, 2.05) is 4.90 Å². The molecule has 0 atom stereocenters. The van der Waals surface area contributed by atoms with Crippen LogP contribution >= 0.6 is 23.2 Å². The highest BCUT2D eigenvalue weighted by molar-refractivity contribution is 6.30. The molecular weight excluding hydrogens is 439 g/mol. The van der Waals surface area contributed by atoms with Crippen LogP contribution in [-0.2, 0) is 4.79 Å². The van der Waals surface area contributed by atoms with Crippen molar-refractivity contribution in [3.8, 4) is 11.4 Å². The van der Waals surface area contributed by atoms with Gasteiger partial charge >= 0.3 is 0 Å². The molecule has 1 saturated heterocycles. The molecule has 7 nitrogen and oxygen atoms in total. The maximum Gasteiger partial charge on any atom is 0.271 e. The third-order valence-electron chi connectivity index (χ3n) is 4.97. The van der Waals surface area contributed by atoms with E-state index in [9.17, 15) is 9.59 Å². The second kappa shape index (κ2) is 9.41. The molecule has 0 N–H and O–H groups in total. The van der Waals surface area contributed by atoms with Crippen LogP contribution in [0, 0.1) is 0 Å². The molecule has 1 aliphatic heterocycles. The number of carbonyl (C=O) groups excluding carboxylic acids is 1. The van der Waals surface area contributed by atoms with Crippen molar-refractivity contribution in [2.24, 2.45) is 0 Å². The van der Waals surface area contributed by atoms with Gasteiger partial charge in [-0.2, -0.15) is 4.68 Å². The Morgan fingerprint density at radius 2 is 1.68 bits per heavy atom. The molecule has 2 aromatic carbocycles. The van der Waals surface area contributed by atoms with Gasteiger partial charge in [-0.3, -0.25) is 9.59 Å². The van der Waals surface area contributed by atoms with Crippen molar-refractivity contribution in [3.05, 3.63) is 81.1 Å². The number of hydrogen-bond acceptors (Lipinski definition) is 5. The van der Waals surface area contributed by atoms with Crippen LogP contribution in [0.1, 0.15) is 0 Å². The van der Waals surface area contributed by atoms with Crippen molar-refractivity contribution in [2.75, 3.05) is 37.7 Å². The third-order valence-corrected chi connectivity index (χ3v) is 5.46. The van der Waals surface area contributed by atoms with E-state index in [-0.39, 0.29) is 18.1 Å². The summed E-state index contributed by atoms with van der Waals surface area (Å²) in [6.45, 7) is 2.27. The fourth-order valence-corrected chi connectivity index (χ4v) is 3.63. The molecule has 0 bridgehead atoms. The predicted molar refractivity (Wildman–Crippen MR) is 121 cm³/mol. The lowest BCUT2D eigenvalue weighted by molar-refractivity contribution is -0.133. The minimum absolute atomic E-state index is 0.0282. The van der Waals surface area contributed by atoms with Crippen molar-refractivity contribution in [1.82, 2.24) is 14.7 Å². The van der Waals surface area contributed by atoms with Crippen LogP contribution in [0.15, 0.2) is 65.5 Å². The van der Waals surface area contributed by atoms with E-state index in [2.05, 4.69) is 5.10 Å². The van der Waals surface area contributed by atoms with E-state index in [4.69, 9.17) is 27.9 Å². The first kappa shape index (κ1) is 21.2. The molecule has 0 saturated carbocycles. The molecule has 1 fully saturated rings. The number of nitrogens with zero attached hydrogens (tertiary/aromatic N) is 4. The van der Waals surface area contributed by atoms with Crippen molar-refractivity contribution in [2.45, 2.75) is 0 Å². The van der Waals surface area contributed by atoms with Gasteiger partial charge in [0.15, 0.2) is 6.61 Å². The highest BCUT2D eigenvalue weighted by atomic mass is 35.5. The van der Waals surface area contributed by atoms with E-state index in [0.717, 1.165) is 0 Å². The number of amides is 1. The second-order valence-corrected chi connectivity index (χ2v) is 7.90. The minimum Gasteiger partial charge on any atom is -0.484 e. The summed E-state index contributed by atoms with van der Waals surface area (Å²) in [6.07, 6.45) is 0. The third kappa shape index (κ3) is 5.18. The zero-order chi connectivity index (χ0) is 21.8. The first-order chi connectivity index (χ1) is 15.0. The number of carbonyl (C=O) groups is 1. The first-order valence-corrected chi connectivity index (χ1v) is 10.5. The number of anilines is 1. The zero-order valence-electron chi connectivity index (χ0n) is 16.6. The standard InChI is InChI=1S/C22H20Cl2N4O3/c23-16-4-6-19(7-5-16)31-15-22(30)27-12-10-26(11-13-27)20-8-9-21(29)28(25-20)18-3-1-2-17(24)14-18/h1-9,14H,10-13,15H2. The number of aromatic nitrogens is 2. The van der Waals surface area contributed by atoms with Gasteiger partial charge in [0, 0.05) is 42.3 Å². The fourth-order valence-electron chi connectivity index (χ4n) is 3.32. The maximum atomic E-state index is 12.5. The molecule has 0 aliphatic carbocycles. The average Bonchev–Trinajstić information content (AvgIpc) is 2.79. The van der Waals surface area contributed by atoms with E-state index in [1.54, 1.807) is 59.5 Å². The Kier molecular flexibility index (Phi) is 6.44. The van der Waals surface area contributed by atoms with E-state index < -0.39 is 0 Å². The molecule has 1 aromatic heterocycles. The van der Waals surface area contributed by atoms with Crippen molar-refractivity contribution < 1.29 is 9.53 Å². The lowest BCUT2D eigenvalue weighted by Gasteiger charge is -2.35. The quantitative estimate of drug-likeness (QED) is 0.586. The number of halogens is 2. The summed E-state index contributed by atoms with van der Waals surface area (Å²) >= 11 is 11.9. The number of piperazine rings is 1. The first-order valence-electron chi connectivity index (χ1n) is 9.77. The van der Waals surface area contributed by atoms with Gasteiger partial charge < -0.3 is 14.5 Å². The van der Waals surface area contributed by atoms with Gasteiger partial charge in [-0.15, -0.1) is 5.10 Å². The van der Waals surface area contributed by atoms with Gasteiger partial charge in [-0.1, -0.05) is 29.3 Å². The molecule has 0 unspecified atom stereocenters. The van der Waals surface area contributed by atoms with Crippen LogP contribution in [0.2, 0.25) is 10.0 Å². The van der Waals surface area contributed by atoms with E-state index in [1.165, 1.54) is 10.7 Å². The van der Waals surface area contributed by atoms with Crippen LogP contribution in [-0.4, -0.2) is 53.4 Å². The molecule has 3 aromatic rings. The second-order valence-electron chi connectivity index (χ2n) is 7.03. The Morgan fingerprint density at radius 1 is 0.935 bits per heavy atom. The van der Waals surface area contributed by atoms with Crippen molar-refractivity contribution in [1.29, 1.82) is 0 Å². The van der Waals surface area contributed by atoms with Gasteiger partial charge in [0.25, 0.3) is 11.5 Å². The number of hydrogen-bond donors (Lipinski definition) is 0. The summed E-state index contributed by atoms with van der Waals surface area (Å²) in [5.74, 6) is 1.19. The number of benzene rings is 2. The minimum atomic E-state index is -0.237. The van der Waals surface area contributed by atoms with Crippen LogP contribution in [0.25, 0.3) is 5.69 Å². The van der Waals surface area contributed by atoms with Crippen molar-refractivity contribution in [3.63, 3.8) is 0 Å². The predicted octanol–water partition coefficient (Wildman–Crippen LogP) is 3.27. The molecule has 160 valence electrons. The van der Waals surface area contributed by atoms with Crippen molar-refractivity contribution >= 4 is 34.9 Å². The Balaban J connectivity index is 1.37. The van der Waals surface area contributed by atoms with Crippen LogP contribution in [0.4, 0.5) is 5.82 Å². The number of ether oxygens (including phenoxy) is 1. The Hall–Kier alpha value is -3.03. The lowest BCUT2D eigenvalue weighted by Crippen LogP contribution is -2.50. The van der Waals surface area contributed by atoms with E-state index >= 15 is 0 Å². The molecule has 2 heterocycles. The summed E-state index contributed by atoms with van der Waals surface area (Å²) in [5.41, 5.74) is 0.367. The molecule has 0 spiro atoms. The molecular formula is C22H20Cl2N4O3. The molecule has 1 aliphatic rings. The Morgan fingerprint density at radius 3 is 2.39 bits per heavy atom. The topological polar surface area (TPSA) is 67.7 Å². The monoisotopic (exact) mass is 458 g/mol. The molecule has 0 radical (unpaired) electrons. The van der Waals surface area contributed by atoms with Crippen LogP contribution in [0.3, 0.4) is 0 Å².